The van der Waals surface area contributed by atoms with Crippen molar-refractivity contribution in [1.82, 2.24) is 0 Å². The lowest BCUT2D eigenvalue weighted by Crippen LogP contribution is -2.42. The summed E-state index contributed by atoms with van der Waals surface area (Å²) >= 11 is 0. The minimum absolute atomic E-state index is 0.128. The van der Waals surface area contributed by atoms with E-state index in [1.807, 2.05) is 0 Å². The molecule has 1 rings (SSSR count). The Bertz CT molecular complexity index is 352. The Kier molecular flexibility index (Phi) is 5.75. The van der Waals surface area contributed by atoms with Gasteiger partial charge in [0.2, 0.25) is 0 Å². The van der Waals surface area contributed by atoms with E-state index in [4.69, 9.17) is 18.9 Å². The normalized spacial score (nSPS) is 23.5. The van der Waals surface area contributed by atoms with Crippen LogP contribution >= 0.6 is 0 Å². The van der Waals surface area contributed by atoms with Gasteiger partial charge in [-0.2, -0.15) is 0 Å². The summed E-state index contributed by atoms with van der Waals surface area (Å²) in [6, 6.07) is 0. The van der Waals surface area contributed by atoms with E-state index < -0.39 is 36.2 Å². The maximum atomic E-state index is 11.1. The van der Waals surface area contributed by atoms with Crippen molar-refractivity contribution in [3.05, 3.63) is 0 Å². The standard InChI is InChI=1S/C12H18O7/c1-7(13)17-6-11(19-9(3)15)12-10(4-5-16-12)18-8(2)14/h10-12H,4-6H2,1-3H3/t10-,11-,12+/m1/s1. The zero-order chi connectivity index (χ0) is 14.4. The molecule has 1 aliphatic rings. The van der Waals surface area contributed by atoms with Gasteiger partial charge >= 0.3 is 17.9 Å². The molecule has 0 saturated carbocycles. The van der Waals surface area contributed by atoms with Crippen LogP contribution in [0.3, 0.4) is 0 Å². The molecule has 0 radical (unpaired) electrons. The van der Waals surface area contributed by atoms with Gasteiger partial charge in [-0.3, -0.25) is 14.4 Å². The van der Waals surface area contributed by atoms with Gasteiger partial charge in [0.1, 0.15) is 18.8 Å². The van der Waals surface area contributed by atoms with Crippen LogP contribution in [-0.4, -0.2) is 49.4 Å². The summed E-state index contributed by atoms with van der Waals surface area (Å²) < 4.78 is 20.4. The Morgan fingerprint density at radius 1 is 1.16 bits per heavy atom. The van der Waals surface area contributed by atoms with Crippen molar-refractivity contribution in [2.24, 2.45) is 0 Å². The van der Waals surface area contributed by atoms with E-state index in [0.717, 1.165) is 0 Å². The summed E-state index contributed by atoms with van der Waals surface area (Å²) in [7, 11) is 0. The lowest BCUT2D eigenvalue weighted by Gasteiger charge is -2.26. The molecular formula is C12H18O7. The van der Waals surface area contributed by atoms with E-state index in [0.29, 0.717) is 13.0 Å². The average molecular weight is 274 g/mol. The highest BCUT2D eigenvalue weighted by Gasteiger charge is 2.39. The maximum absolute atomic E-state index is 11.1. The predicted octanol–water partition coefficient (Wildman–Crippen LogP) is 0.202. The van der Waals surface area contributed by atoms with E-state index in [-0.39, 0.29) is 6.61 Å². The van der Waals surface area contributed by atoms with Crippen LogP contribution in [0.4, 0.5) is 0 Å². The number of hydrogen-bond donors (Lipinski definition) is 0. The van der Waals surface area contributed by atoms with Crippen LogP contribution in [0, 0.1) is 0 Å². The lowest BCUT2D eigenvalue weighted by molar-refractivity contribution is -0.172. The third-order valence-corrected chi connectivity index (χ3v) is 2.53. The predicted molar refractivity (Wildman–Crippen MR) is 62.1 cm³/mol. The summed E-state index contributed by atoms with van der Waals surface area (Å²) in [5.41, 5.74) is 0. The first kappa shape index (κ1) is 15.4. The van der Waals surface area contributed by atoms with Crippen molar-refractivity contribution in [2.45, 2.75) is 45.5 Å². The van der Waals surface area contributed by atoms with Gasteiger partial charge in [0, 0.05) is 27.2 Å². The third-order valence-electron chi connectivity index (χ3n) is 2.53. The Balaban J connectivity index is 2.68. The second-order valence-electron chi connectivity index (χ2n) is 4.22. The Hall–Kier alpha value is -1.63. The molecule has 0 aromatic carbocycles. The highest BCUT2D eigenvalue weighted by molar-refractivity contribution is 5.67. The molecule has 0 aromatic heterocycles. The number of esters is 3. The number of ether oxygens (including phenoxy) is 4. The maximum Gasteiger partial charge on any atom is 0.303 e. The van der Waals surface area contributed by atoms with Crippen molar-refractivity contribution < 1.29 is 33.3 Å². The van der Waals surface area contributed by atoms with E-state index >= 15 is 0 Å². The van der Waals surface area contributed by atoms with Gasteiger partial charge in [-0.25, -0.2) is 0 Å². The van der Waals surface area contributed by atoms with E-state index in [1.165, 1.54) is 20.8 Å². The Labute approximate surface area is 111 Å². The van der Waals surface area contributed by atoms with Gasteiger partial charge in [-0.05, 0) is 0 Å². The molecule has 0 aliphatic carbocycles. The molecule has 0 spiro atoms. The van der Waals surface area contributed by atoms with Crippen LogP contribution < -0.4 is 0 Å². The van der Waals surface area contributed by atoms with E-state index in [1.54, 1.807) is 0 Å². The number of hydrogen-bond acceptors (Lipinski definition) is 7. The molecule has 1 aliphatic heterocycles. The van der Waals surface area contributed by atoms with Crippen LogP contribution in [0.5, 0.6) is 0 Å². The molecule has 0 aromatic rings. The molecule has 1 heterocycles. The molecule has 1 fully saturated rings. The van der Waals surface area contributed by atoms with Crippen molar-refractivity contribution >= 4 is 17.9 Å². The molecule has 7 heteroatoms. The number of rotatable bonds is 5. The third kappa shape index (κ3) is 5.25. The zero-order valence-electron chi connectivity index (χ0n) is 11.2. The minimum Gasteiger partial charge on any atom is -0.462 e. The van der Waals surface area contributed by atoms with Crippen LogP contribution in [0.2, 0.25) is 0 Å². The van der Waals surface area contributed by atoms with Gasteiger partial charge in [0.05, 0.1) is 6.61 Å². The molecular weight excluding hydrogens is 256 g/mol. The Morgan fingerprint density at radius 2 is 1.84 bits per heavy atom. The fourth-order valence-electron chi connectivity index (χ4n) is 1.89. The van der Waals surface area contributed by atoms with Crippen molar-refractivity contribution in [3.63, 3.8) is 0 Å². The average Bonchev–Trinajstić information content (AvgIpc) is 2.70. The first-order valence-corrected chi connectivity index (χ1v) is 5.99. The highest BCUT2D eigenvalue weighted by Crippen LogP contribution is 2.22. The lowest BCUT2D eigenvalue weighted by atomic mass is 10.1. The highest BCUT2D eigenvalue weighted by atomic mass is 16.6. The number of carbonyl (C=O) groups excluding carboxylic acids is 3. The SMILES string of the molecule is CC(=O)OC[C@@H](OC(C)=O)[C@H]1OCC[C@H]1OC(C)=O. The van der Waals surface area contributed by atoms with Crippen molar-refractivity contribution in [1.29, 1.82) is 0 Å². The van der Waals surface area contributed by atoms with Gasteiger partial charge < -0.3 is 18.9 Å². The quantitative estimate of drug-likeness (QED) is 0.522. The second kappa shape index (κ2) is 7.08. The topological polar surface area (TPSA) is 88.1 Å². The van der Waals surface area contributed by atoms with Crippen LogP contribution in [0.1, 0.15) is 27.2 Å². The fourth-order valence-corrected chi connectivity index (χ4v) is 1.89. The molecule has 0 bridgehead atoms. The fraction of sp³-hybridized carbons (Fsp3) is 0.750. The van der Waals surface area contributed by atoms with Crippen molar-refractivity contribution in [3.8, 4) is 0 Å². The molecule has 0 unspecified atom stereocenters. The summed E-state index contributed by atoms with van der Waals surface area (Å²) in [4.78, 5) is 32.9. The van der Waals surface area contributed by atoms with Gasteiger partial charge in [0.25, 0.3) is 0 Å². The van der Waals surface area contributed by atoms with Crippen molar-refractivity contribution in [2.75, 3.05) is 13.2 Å². The summed E-state index contributed by atoms with van der Waals surface area (Å²) in [5.74, 6) is -1.44. The van der Waals surface area contributed by atoms with Crippen LogP contribution in [0.15, 0.2) is 0 Å². The smallest absolute Gasteiger partial charge is 0.303 e. The van der Waals surface area contributed by atoms with E-state index in [2.05, 4.69) is 0 Å². The summed E-state index contributed by atoms with van der Waals surface area (Å²) in [5, 5.41) is 0. The minimum atomic E-state index is -0.784. The number of carbonyl (C=O) groups is 3. The van der Waals surface area contributed by atoms with Crippen LogP contribution in [0.25, 0.3) is 0 Å². The largest absolute Gasteiger partial charge is 0.462 e. The van der Waals surface area contributed by atoms with Gasteiger partial charge in [0.15, 0.2) is 6.10 Å². The molecule has 7 nitrogen and oxygen atoms in total. The monoisotopic (exact) mass is 274 g/mol. The molecule has 19 heavy (non-hydrogen) atoms. The van der Waals surface area contributed by atoms with E-state index in [9.17, 15) is 14.4 Å². The zero-order valence-corrected chi connectivity index (χ0v) is 11.2. The van der Waals surface area contributed by atoms with Gasteiger partial charge in [-0.15, -0.1) is 0 Å². The molecule has 1 saturated heterocycles. The molecule has 108 valence electrons. The first-order chi connectivity index (χ1) is 8.90. The Morgan fingerprint density at radius 3 is 2.37 bits per heavy atom. The molecule has 0 N–H and O–H groups in total. The first-order valence-electron chi connectivity index (χ1n) is 5.99. The molecule has 3 atom stereocenters. The second-order valence-corrected chi connectivity index (χ2v) is 4.22. The van der Waals surface area contributed by atoms with Gasteiger partial charge in [-0.1, -0.05) is 0 Å². The molecule has 0 amide bonds. The van der Waals surface area contributed by atoms with Crippen LogP contribution in [-0.2, 0) is 33.3 Å². The summed E-state index contributed by atoms with van der Waals surface area (Å²) in [6.45, 7) is 4.06. The summed E-state index contributed by atoms with van der Waals surface area (Å²) in [6.07, 6.45) is -1.39.